The van der Waals surface area contributed by atoms with Crippen LogP contribution in [0.3, 0.4) is 0 Å². The SMILES string of the molecule is CCCN(CC(=O)O)C(=O)Nc1nc2c(s1)CCC2. The van der Waals surface area contributed by atoms with Gasteiger partial charge in [-0.3, -0.25) is 10.1 Å². The molecule has 19 heavy (non-hydrogen) atoms. The van der Waals surface area contributed by atoms with Crippen molar-refractivity contribution in [3.8, 4) is 0 Å². The summed E-state index contributed by atoms with van der Waals surface area (Å²) in [5, 5.41) is 12.0. The van der Waals surface area contributed by atoms with Crippen LogP contribution in [0.15, 0.2) is 0 Å². The van der Waals surface area contributed by atoms with E-state index in [0.29, 0.717) is 11.7 Å². The van der Waals surface area contributed by atoms with Gasteiger partial charge < -0.3 is 10.0 Å². The first kappa shape index (κ1) is 13.8. The van der Waals surface area contributed by atoms with E-state index in [1.807, 2.05) is 6.92 Å². The maximum absolute atomic E-state index is 12.0. The van der Waals surface area contributed by atoms with Crippen molar-refractivity contribution in [2.45, 2.75) is 32.6 Å². The van der Waals surface area contributed by atoms with E-state index in [9.17, 15) is 9.59 Å². The lowest BCUT2D eigenvalue weighted by Gasteiger charge is -2.19. The Kier molecular flexibility index (Phi) is 4.36. The molecule has 0 aliphatic heterocycles. The molecule has 1 aromatic heterocycles. The van der Waals surface area contributed by atoms with Crippen molar-refractivity contribution in [1.29, 1.82) is 0 Å². The number of hydrogen-bond acceptors (Lipinski definition) is 4. The Morgan fingerprint density at radius 3 is 2.89 bits per heavy atom. The van der Waals surface area contributed by atoms with Crippen molar-refractivity contribution in [2.75, 3.05) is 18.4 Å². The maximum atomic E-state index is 12.0. The zero-order valence-corrected chi connectivity index (χ0v) is 11.6. The molecule has 0 unspecified atom stereocenters. The number of aliphatic carboxylic acids is 1. The molecule has 2 amide bonds. The molecule has 7 heteroatoms. The zero-order valence-electron chi connectivity index (χ0n) is 10.8. The number of nitrogens with one attached hydrogen (secondary N) is 1. The van der Waals surface area contributed by atoms with Crippen LogP contribution in [-0.2, 0) is 17.6 Å². The number of fused-ring (bicyclic) bond motifs is 1. The zero-order chi connectivity index (χ0) is 13.8. The molecule has 0 radical (unpaired) electrons. The van der Waals surface area contributed by atoms with Crippen LogP contribution < -0.4 is 5.32 Å². The van der Waals surface area contributed by atoms with Crippen molar-refractivity contribution in [2.24, 2.45) is 0 Å². The first-order valence-electron chi connectivity index (χ1n) is 6.36. The second-order valence-corrected chi connectivity index (χ2v) is 5.57. The Labute approximate surface area is 115 Å². The highest BCUT2D eigenvalue weighted by atomic mass is 32.1. The third-order valence-corrected chi connectivity index (χ3v) is 3.99. The number of carboxylic acid groups (broad SMARTS) is 1. The maximum Gasteiger partial charge on any atom is 0.324 e. The average Bonchev–Trinajstić information content (AvgIpc) is 2.88. The number of anilines is 1. The fourth-order valence-corrected chi connectivity index (χ4v) is 3.14. The van der Waals surface area contributed by atoms with Gasteiger partial charge in [0.25, 0.3) is 0 Å². The van der Waals surface area contributed by atoms with Crippen LogP contribution in [0.2, 0.25) is 0 Å². The standard InChI is InChI=1S/C12H17N3O3S/c1-2-6-15(7-10(16)17)12(18)14-11-13-8-4-3-5-9(8)19-11/h2-7H2,1H3,(H,16,17)(H,13,14,18). The van der Waals surface area contributed by atoms with E-state index >= 15 is 0 Å². The minimum Gasteiger partial charge on any atom is -0.480 e. The quantitative estimate of drug-likeness (QED) is 0.865. The van der Waals surface area contributed by atoms with Gasteiger partial charge in [0.1, 0.15) is 6.54 Å². The van der Waals surface area contributed by atoms with Crippen LogP contribution in [0.25, 0.3) is 0 Å². The number of carbonyl (C=O) groups is 2. The summed E-state index contributed by atoms with van der Waals surface area (Å²) in [6.45, 7) is 2.04. The fourth-order valence-electron chi connectivity index (χ4n) is 2.10. The Morgan fingerprint density at radius 2 is 2.26 bits per heavy atom. The summed E-state index contributed by atoms with van der Waals surface area (Å²) in [7, 11) is 0. The van der Waals surface area contributed by atoms with Crippen molar-refractivity contribution >= 4 is 28.5 Å². The van der Waals surface area contributed by atoms with Crippen LogP contribution in [0.4, 0.5) is 9.93 Å². The number of nitrogens with zero attached hydrogens (tertiary/aromatic N) is 2. The van der Waals surface area contributed by atoms with Crippen LogP contribution >= 0.6 is 11.3 Å². The second-order valence-electron chi connectivity index (χ2n) is 4.49. The van der Waals surface area contributed by atoms with Crippen molar-refractivity contribution in [3.63, 3.8) is 0 Å². The van der Waals surface area contributed by atoms with Crippen molar-refractivity contribution in [3.05, 3.63) is 10.6 Å². The number of thiazole rings is 1. The monoisotopic (exact) mass is 283 g/mol. The number of rotatable bonds is 5. The lowest BCUT2D eigenvalue weighted by atomic mass is 10.4. The Morgan fingerprint density at radius 1 is 1.47 bits per heavy atom. The topological polar surface area (TPSA) is 82.5 Å². The Balaban J connectivity index is 1.99. The van der Waals surface area contributed by atoms with Crippen LogP contribution in [0, 0.1) is 0 Å². The van der Waals surface area contributed by atoms with E-state index in [1.165, 1.54) is 21.1 Å². The molecule has 0 atom stereocenters. The fraction of sp³-hybridized carbons (Fsp3) is 0.583. The summed E-state index contributed by atoms with van der Waals surface area (Å²) in [4.78, 5) is 29.6. The molecule has 104 valence electrons. The lowest BCUT2D eigenvalue weighted by molar-refractivity contribution is -0.137. The molecule has 0 fully saturated rings. The minimum absolute atomic E-state index is 0.287. The summed E-state index contributed by atoms with van der Waals surface area (Å²) in [5.41, 5.74) is 1.07. The number of amides is 2. The smallest absolute Gasteiger partial charge is 0.324 e. The molecule has 0 saturated carbocycles. The van der Waals surface area contributed by atoms with Gasteiger partial charge in [0.2, 0.25) is 0 Å². The van der Waals surface area contributed by atoms with Gasteiger partial charge in [-0.1, -0.05) is 6.92 Å². The molecule has 1 aliphatic rings. The third-order valence-electron chi connectivity index (χ3n) is 2.92. The van der Waals surface area contributed by atoms with Crippen LogP contribution in [0.1, 0.15) is 30.3 Å². The molecule has 6 nitrogen and oxygen atoms in total. The number of urea groups is 1. The van der Waals surface area contributed by atoms with Gasteiger partial charge in [0.05, 0.1) is 5.69 Å². The molecule has 0 spiro atoms. The number of hydrogen-bond donors (Lipinski definition) is 2. The summed E-state index contributed by atoms with van der Waals surface area (Å²) in [6.07, 6.45) is 3.84. The predicted octanol–water partition coefficient (Wildman–Crippen LogP) is 1.96. The van der Waals surface area contributed by atoms with E-state index in [4.69, 9.17) is 5.11 Å². The average molecular weight is 283 g/mol. The van der Waals surface area contributed by atoms with Gasteiger partial charge in [-0.05, 0) is 25.7 Å². The first-order valence-corrected chi connectivity index (χ1v) is 7.18. The first-order chi connectivity index (χ1) is 9.10. The van der Waals surface area contributed by atoms with Gasteiger partial charge in [0.15, 0.2) is 5.13 Å². The number of carboxylic acids is 1. The molecule has 0 bridgehead atoms. The highest BCUT2D eigenvalue weighted by molar-refractivity contribution is 7.15. The molecule has 2 N–H and O–H groups in total. The largest absolute Gasteiger partial charge is 0.480 e. The number of carbonyl (C=O) groups excluding carboxylic acids is 1. The third kappa shape index (κ3) is 3.44. The van der Waals surface area contributed by atoms with Gasteiger partial charge in [-0.2, -0.15) is 0 Å². The second kappa shape index (κ2) is 6.01. The van der Waals surface area contributed by atoms with E-state index < -0.39 is 12.0 Å². The summed E-state index contributed by atoms with van der Waals surface area (Å²) >= 11 is 1.49. The van der Waals surface area contributed by atoms with Gasteiger partial charge in [-0.25, -0.2) is 9.78 Å². The number of aryl methyl sites for hydroxylation is 2. The van der Waals surface area contributed by atoms with E-state index in [0.717, 1.165) is 31.4 Å². The molecule has 0 aromatic carbocycles. The highest BCUT2D eigenvalue weighted by Gasteiger charge is 2.20. The Hall–Kier alpha value is -1.63. The lowest BCUT2D eigenvalue weighted by Crippen LogP contribution is -2.39. The molecule has 0 saturated heterocycles. The van der Waals surface area contributed by atoms with Gasteiger partial charge >= 0.3 is 12.0 Å². The van der Waals surface area contributed by atoms with Crippen LogP contribution in [-0.4, -0.2) is 40.1 Å². The van der Waals surface area contributed by atoms with Crippen molar-refractivity contribution in [1.82, 2.24) is 9.88 Å². The number of aromatic nitrogens is 1. The van der Waals surface area contributed by atoms with Gasteiger partial charge in [-0.15, -0.1) is 11.3 Å². The molecule has 2 rings (SSSR count). The van der Waals surface area contributed by atoms with Crippen LogP contribution in [0.5, 0.6) is 0 Å². The Bertz CT molecular complexity index is 465. The normalized spacial score (nSPS) is 13.1. The van der Waals surface area contributed by atoms with Gasteiger partial charge in [0, 0.05) is 11.4 Å². The molecule has 1 aliphatic carbocycles. The molecular weight excluding hydrogens is 266 g/mol. The summed E-state index contributed by atoms with van der Waals surface area (Å²) < 4.78 is 0. The molecule has 1 aromatic rings. The van der Waals surface area contributed by atoms with E-state index in [-0.39, 0.29) is 6.54 Å². The van der Waals surface area contributed by atoms with Crippen molar-refractivity contribution < 1.29 is 14.7 Å². The van der Waals surface area contributed by atoms with E-state index in [1.54, 1.807) is 0 Å². The highest BCUT2D eigenvalue weighted by Crippen LogP contribution is 2.30. The molecule has 1 heterocycles. The molecular formula is C12H17N3O3S. The predicted molar refractivity (Wildman–Crippen MR) is 72.7 cm³/mol. The summed E-state index contributed by atoms with van der Waals surface area (Å²) in [5.74, 6) is -1.01. The minimum atomic E-state index is -1.01. The summed E-state index contributed by atoms with van der Waals surface area (Å²) in [6, 6.07) is -0.392. The van der Waals surface area contributed by atoms with E-state index in [2.05, 4.69) is 10.3 Å².